The topological polar surface area (TPSA) is 57.7 Å². The molecule has 5 nitrogen and oxygen atoms in total. The van der Waals surface area contributed by atoms with E-state index in [1.54, 1.807) is 6.92 Å². The number of hydrogen-bond acceptors (Lipinski definition) is 3. The van der Waals surface area contributed by atoms with E-state index in [0.717, 1.165) is 24.2 Å². The van der Waals surface area contributed by atoms with Crippen LogP contribution in [0, 0.1) is 5.92 Å². The standard InChI is InChI=1S/C12H16N2O3/c1-8-10(15)13(2)12(17)14(11(8)16)9-6-4-3-5-7-9/h4,6,8-9H,3,5,7H2,1-2H3. The number of hydrogen-bond donors (Lipinski definition) is 0. The summed E-state index contributed by atoms with van der Waals surface area (Å²) in [5, 5.41) is 0. The molecule has 0 N–H and O–H groups in total. The number of carbonyl (C=O) groups is 3. The second-order valence-corrected chi connectivity index (χ2v) is 4.54. The quantitative estimate of drug-likeness (QED) is 0.507. The fourth-order valence-electron chi connectivity index (χ4n) is 2.27. The van der Waals surface area contributed by atoms with Crippen LogP contribution in [0.1, 0.15) is 26.2 Å². The molecule has 2 aliphatic rings. The fourth-order valence-corrected chi connectivity index (χ4v) is 2.27. The Kier molecular flexibility index (Phi) is 3.00. The molecule has 17 heavy (non-hydrogen) atoms. The van der Waals surface area contributed by atoms with E-state index in [2.05, 4.69) is 0 Å². The van der Waals surface area contributed by atoms with E-state index in [1.165, 1.54) is 11.9 Å². The maximum atomic E-state index is 12.0. The number of urea groups is 1. The zero-order chi connectivity index (χ0) is 12.6. The van der Waals surface area contributed by atoms with Crippen molar-refractivity contribution in [3.63, 3.8) is 0 Å². The van der Waals surface area contributed by atoms with Crippen molar-refractivity contribution in [2.24, 2.45) is 5.92 Å². The Bertz CT molecular complexity index is 379. The van der Waals surface area contributed by atoms with E-state index in [4.69, 9.17) is 0 Å². The third-order valence-corrected chi connectivity index (χ3v) is 3.36. The van der Waals surface area contributed by atoms with Crippen molar-refractivity contribution in [3.8, 4) is 0 Å². The lowest BCUT2D eigenvalue weighted by Crippen LogP contribution is -2.60. The molecule has 0 aromatic heterocycles. The summed E-state index contributed by atoms with van der Waals surface area (Å²) in [5.41, 5.74) is 0. The molecular formula is C12H16N2O3. The monoisotopic (exact) mass is 236 g/mol. The molecule has 0 bridgehead atoms. The average molecular weight is 236 g/mol. The van der Waals surface area contributed by atoms with Gasteiger partial charge in [0.05, 0.1) is 6.04 Å². The molecule has 5 heteroatoms. The number of rotatable bonds is 1. The Morgan fingerprint density at radius 3 is 2.53 bits per heavy atom. The Morgan fingerprint density at radius 1 is 1.24 bits per heavy atom. The number of allylic oxidation sites excluding steroid dienone is 1. The highest BCUT2D eigenvalue weighted by Gasteiger charge is 2.44. The van der Waals surface area contributed by atoms with Crippen molar-refractivity contribution >= 4 is 17.8 Å². The van der Waals surface area contributed by atoms with Crippen LogP contribution in [0.25, 0.3) is 0 Å². The van der Waals surface area contributed by atoms with Crippen molar-refractivity contribution in [1.29, 1.82) is 0 Å². The van der Waals surface area contributed by atoms with Crippen molar-refractivity contribution in [2.45, 2.75) is 32.2 Å². The highest BCUT2D eigenvalue weighted by Crippen LogP contribution is 2.24. The highest BCUT2D eigenvalue weighted by molar-refractivity contribution is 6.15. The molecular weight excluding hydrogens is 220 g/mol. The molecule has 2 atom stereocenters. The van der Waals surface area contributed by atoms with Crippen LogP contribution in [-0.4, -0.2) is 40.7 Å². The van der Waals surface area contributed by atoms with Gasteiger partial charge in [0, 0.05) is 7.05 Å². The minimum absolute atomic E-state index is 0.193. The predicted octanol–water partition coefficient (Wildman–Crippen LogP) is 1.15. The van der Waals surface area contributed by atoms with Gasteiger partial charge in [-0.05, 0) is 26.2 Å². The zero-order valence-electron chi connectivity index (χ0n) is 10.0. The molecule has 0 aromatic carbocycles. The average Bonchev–Trinajstić information content (AvgIpc) is 2.36. The van der Waals surface area contributed by atoms with Gasteiger partial charge in [-0.25, -0.2) is 4.79 Å². The van der Waals surface area contributed by atoms with E-state index in [9.17, 15) is 14.4 Å². The smallest absolute Gasteiger partial charge is 0.273 e. The number of barbiturate groups is 1. The summed E-state index contributed by atoms with van der Waals surface area (Å²) in [6, 6.07) is -0.698. The van der Waals surface area contributed by atoms with Gasteiger partial charge in [-0.2, -0.15) is 0 Å². The predicted molar refractivity (Wildman–Crippen MR) is 61.0 cm³/mol. The number of nitrogens with zero attached hydrogens (tertiary/aromatic N) is 2. The minimum atomic E-state index is -0.756. The van der Waals surface area contributed by atoms with Crippen LogP contribution in [-0.2, 0) is 9.59 Å². The van der Waals surface area contributed by atoms with E-state index in [0.29, 0.717) is 0 Å². The lowest BCUT2D eigenvalue weighted by molar-refractivity contribution is -0.148. The summed E-state index contributed by atoms with van der Waals surface area (Å²) in [6.45, 7) is 1.55. The van der Waals surface area contributed by atoms with Gasteiger partial charge in [0.15, 0.2) is 0 Å². The van der Waals surface area contributed by atoms with Crippen LogP contribution in [0.4, 0.5) is 4.79 Å². The van der Waals surface area contributed by atoms with Gasteiger partial charge in [-0.3, -0.25) is 19.4 Å². The maximum Gasteiger partial charge on any atom is 0.333 e. The summed E-state index contributed by atoms with van der Waals surface area (Å²) in [4.78, 5) is 37.9. The van der Waals surface area contributed by atoms with Crippen LogP contribution in [0.15, 0.2) is 12.2 Å². The molecule has 92 valence electrons. The third-order valence-electron chi connectivity index (χ3n) is 3.36. The Morgan fingerprint density at radius 2 is 1.94 bits per heavy atom. The van der Waals surface area contributed by atoms with Crippen molar-refractivity contribution in [1.82, 2.24) is 9.80 Å². The molecule has 0 saturated carbocycles. The maximum absolute atomic E-state index is 12.0. The van der Waals surface area contributed by atoms with Gasteiger partial charge in [-0.1, -0.05) is 12.2 Å². The van der Waals surface area contributed by atoms with E-state index < -0.39 is 17.9 Å². The fraction of sp³-hybridized carbons (Fsp3) is 0.583. The second-order valence-electron chi connectivity index (χ2n) is 4.54. The van der Waals surface area contributed by atoms with Crippen LogP contribution in [0.3, 0.4) is 0 Å². The summed E-state index contributed by atoms with van der Waals surface area (Å²) >= 11 is 0. The van der Waals surface area contributed by atoms with Crippen LogP contribution < -0.4 is 0 Å². The Labute approximate surface area is 100 Å². The molecule has 1 heterocycles. The number of imide groups is 2. The first-order chi connectivity index (χ1) is 8.04. The largest absolute Gasteiger partial charge is 0.333 e. The molecule has 4 amide bonds. The molecule has 2 unspecified atom stereocenters. The molecule has 0 radical (unpaired) electrons. The third kappa shape index (κ3) is 1.85. The Balaban J connectivity index is 2.28. The SMILES string of the molecule is CC1C(=O)N(C)C(=O)N(C2C=CCCC2)C1=O. The van der Waals surface area contributed by atoms with Crippen molar-refractivity contribution < 1.29 is 14.4 Å². The number of amides is 4. The summed E-state index contributed by atoms with van der Waals surface area (Å²) in [5.74, 6) is -1.56. The van der Waals surface area contributed by atoms with Gasteiger partial charge in [0.2, 0.25) is 11.8 Å². The summed E-state index contributed by atoms with van der Waals surface area (Å²) < 4.78 is 0. The summed E-state index contributed by atoms with van der Waals surface area (Å²) in [7, 11) is 1.42. The summed E-state index contributed by atoms with van der Waals surface area (Å²) in [6.07, 6.45) is 6.59. The molecule has 0 spiro atoms. The first-order valence-corrected chi connectivity index (χ1v) is 5.85. The van der Waals surface area contributed by atoms with Gasteiger partial charge >= 0.3 is 6.03 Å². The van der Waals surface area contributed by atoms with Crippen molar-refractivity contribution in [2.75, 3.05) is 7.05 Å². The van der Waals surface area contributed by atoms with Crippen molar-refractivity contribution in [3.05, 3.63) is 12.2 Å². The Hall–Kier alpha value is -1.65. The first-order valence-electron chi connectivity index (χ1n) is 5.85. The normalized spacial score (nSPS) is 30.1. The first kappa shape index (κ1) is 11.8. The molecule has 0 aromatic rings. The van der Waals surface area contributed by atoms with Gasteiger partial charge in [0.25, 0.3) is 0 Å². The molecule has 1 aliphatic carbocycles. The van der Waals surface area contributed by atoms with E-state index in [1.807, 2.05) is 12.2 Å². The molecule has 2 rings (SSSR count). The zero-order valence-corrected chi connectivity index (χ0v) is 10.0. The van der Waals surface area contributed by atoms with Gasteiger partial charge < -0.3 is 0 Å². The second kappa shape index (κ2) is 4.31. The van der Waals surface area contributed by atoms with E-state index >= 15 is 0 Å². The lowest BCUT2D eigenvalue weighted by Gasteiger charge is -2.38. The van der Waals surface area contributed by atoms with Gasteiger partial charge in [-0.15, -0.1) is 0 Å². The minimum Gasteiger partial charge on any atom is -0.273 e. The molecule has 1 saturated heterocycles. The number of carbonyl (C=O) groups excluding carboxylic acids is 3. The van der Waals surface area contributed by atoms with Crippen LogP contribution in [0.2, 0.25) is 0 Å². The lowest BCUT2D eigenvalue weighted by atomic mass is 9.98. The van der Waals surface area contributed by atoms with Gasteiger partial charge in [0.1, 0.15) is 5.92 Å². The molecule has 1 aliphatic heterocycles. The van der Waals surface area contributed by atoms with E-state index in [-0.39, 0.29) is 11.9 Å². The molecule has 1 fully saturated rings. The van der Waals surface area contributed by atoms with Crippen LogP contribution in [0.5, 0.6) is 0 Å². The van der Waals surface area contributed by atoms with Crippen LogP contribution >= 0.6 is 0 Å². The highest BCUT2D eigenvalue weighted by atomic mass is 16.2.